The summed E-state index contributed by atoms with van der Waals surface area (Å²) in [6.07, 6.45) is 4.54. The molecule has 0 N–H and O–H groups in total. The predicted molar refractivity (Wildman–Crippen MR) is 87.9 cm³/mol. The molecule has 0 amide bonds. The maximum absolute atomic E-state index is 5.18. The van der Waals surface area contributed by atoms with Gasteiger partial charge in [-0.25, -0.2) is 0 Å². The fraction of sp³-hybridized carbons (Fsp3) is 1.00. The molecule has 7 heteroatoms. The normalized spacial score (nSPS) is 10.7. The molecule has 0 saturated heterocycles. The van der Waals surface area contributed by atoms with Crippen molar-refractivity contribution in [1.82, 2.24) is 0 Å². The second-order valence-electron chi connectivity index (χ2n) is 3.73. The van der Waals surface area contributed by atoms with E-state index in [0.717, 1.165) is 25.7 Å². The summed E-state index contributed by atoms with van der Waals surface area (Å²) in [5, 5.41) is 0. The van der Waals surface area contributed by atoms with Crippen LogP contribution in [0.15, 0.2) is 0 Å². The van der Waals surface area contributed by atoms with Crippen molar-refractivity contribution in [2.45, 2.75) is 75.1 Å². The van der Waals surface area contributed by atoms with Gasteiger partial charge in [0, 0.05) is 0 Å². The van der Waals surface area contributed by atoms with Crippen molar-refractivity contribution < 1.29 is 30.5 Å². The smallest absolute Gasteiger partial charge is 0.788 e. The van der Waals surface area contributed by atoms with Crippen LogP contribution >= 0.6 is 0 Å². The van der Waals surface area contributed by atoms with Gasteiger partial charge in [0.05, 0.1) is 12.2 Å². The van der Waals surface area contributed by atoms with Gasteiger partial charge in [-0.15, -0.1) is 0 Å². The van der Waals surface area contributed by atoms with Crippen LogP contribution in [-0.2, 0) is 81.1 Å². The zero-order chi connectivity index (χ0) is 14.6. The SMILES string of the molecule is CCC(CC)OC([S-])[S-].CCC(CC)OC([S-])[S-].[Pt+4]. The molecule has 0 aliphatic rings. The summed E-state index contributed by atoms with van der Waals surface area (Å²) in [5.74, 6) is 0. The standard InChI is InChI=1S/2C6H14OS2.Pt/c2*1-3-5(4-2)7-6(8)9;/h2*5-6,8-9H,3-4H2,1-2H3;/q;;+4/p-4. The summed E-state index contributed by atoms with van der Waals surface area (Å²) in [5.41, 5.74) is 0. The topological polar surface area (TPSA) is 18.5 Å². The van der Waals surface area contributed by atoms with Crippen LogP contribution in [-0.4, -0.2) is 21.7 Å². The molecule has 0 radical (unpaired) electrons. The first kappa shape index (κ1) is 25.9. The molecule has 0 heterocycles. The molecule has 2 nitrogen and oxygen atoms in total. The Hall–Kier alpha value is 2.01. The molecule has 19 heavy (non-hydrogen) atoms. The van der Waals surface area contributed by atoms with Crippen molar-refractivity contribution >= 4 is 50.5 Å². The van der Waals surface area contributed by atoms with Crippen LogP contribution in [0.4, 0.5) is 0 Å². The van der Waals surface area contributed by atoms with Crippen LogP contribution in [0.1, 0.15) is 53.4 Å². The van der Waals surface area contributed by atoms with Gasteiger partial charge >= 0.3 is 21.1 Å². The molecule has 0 bridgehead atoms. The van der Waals surface area contributed by atoms with Crippen LogP contribution in [0.25, 0.3) is 0 Å². The van der Waals surface area contributed by atoms with E-state index in [1.54, 1.807) is 0 Å². The molecule has 0 aliphatic carbocycles. The van der Waals surface area contributed by atoms with E-state index >= 15 is 0 Å². The molecule has 0 aromatic carbocycles. The van der Waals surface area contributed by atoms with Crippen molar-refractivity contribution in [3.63, 3.8) is 0 Å². The van der Waals surface area contributed by atoms with Crippen molar-refractivity contribution in [2.24, 2.45) is 0 Å². The summed E-state index contributed by atoms with van der Waals surface area (Å²) in [4.78, 5) is 0. The molecular weight excluding hydrogens is 499 g/mol. The Balaban J connectivity index is -0.000000256. The van der Waals surface area contributed by atoms with E-state index in [2.05, 4.69) is 78.2 Å². The van der Waals surface area contributed by atoms with Gasteiger partial charge in [-0.1, -0.05) is 27.7 Å². The quantitative estimate of drug-likeness (QED) is 0.452. The third-order valence-corrected chi connectivity index (χ3v) is 2.87. The Kier molecular flexibility index (Phi) is 24.6. The Morgan fingerprint density at radius 1 is 0.632 bits per heavy atom. The number of hydrogen-bond donors (Lipinski definition) is 0. The summed E-state index contributed by atoms with van der Waals surface area (Å²) in [7, 11) is 0. The molecule has 0 atom stereocenters. The van der Waals surface area contributed by atoms with E-state index in [0.29, 0.717) is 0 Å². The summed E-state index contributed by atoms with van der Waals surface area (Å²) < 4.78 is 9.46. The zero-order valence-corrected chi connectivity index (χ0v) is 17.4. The maximum Gasteiger partial charge on any atom is 4.00 e. The maximum atomic E-state index is 5.18. The van der Waals surface area contributed by atoms with Gasteiger partial charge in [0.25, 0.3) is 0 Å². The molecular formula is C12H24O2PtS4. The number of hydrogen-bond acceptors (Lipinski definition) is 6. The second kappa shape index (κ2) is 18.1. The van der Waals surface area contributed by atoms with E-state index in [1.807, 2.05) is 0 Å². The van der Waals surface area contributed by atoms with Gasteiger partial charge in [-0.3, -0.25) is 0 Å². The summed E-state index contributed by atoms with van der Waals surface area (Å²) in [6, 6.07) is 0. The molecule has 0 rings (SSSR count). The van der Waals surface area contributed by atoms with Crippen LogP contribution in [0.2, 0.25) is 0 Å². The summed E-state index contributed by atoms with van der Waals surface area (Å²) >= 11 is 18.7. The molecule has 0 spiro atoms. The third-order valence-electron chi connectivity index (χ3n) is 2.43. The van der Waals surface area contributed by atoms with Crippen molar-refractivity contribution in [1.29, 1.82) is 0 Å². The first-order chi connectivity index (χ1) is 8.40. The third kappa shape index (κ3) is 20.0. The Bertz CT molecular complexity index is 148. The number of rotatable bonds is 8. The molecule has 0 aliphatic heterocycles. The minimum atomic E-state index is -0.449. The van der Waals surface area contributed by atoms with E-state index in [1.165, 1.54) is 0 Å². The fourth-order valence-electron chi connectivity index (χ4n) is 1.28. The van der Waals surface area contributed by atoms with Gasteiger partial charge in [0.2, 0.25) is 0 Å². The fourth-order valence-corrected chi connectivity index (χ4v) is 1.91. The molecule has 0 saturated carbocycles. The molecule has 0 aromatic heterocycles. The first-order valence-corrected chi connectivity index (χ1v) is 8.23. The number of ether oxygens (including phenoxy) is 2. The van der Waals surface area contributed by atoms with Gasteiger partial charge in [-0.2, -0.15) is 9.54 Å². The van der Waals surface area contributed by atoms with E-state index in [-0.39, 0.29) is 33.3 Å². The van der Waals surface area contributed by atoms with Crippen molar-refractivity contribution in [3.05, 3.63) is 0 Å². The van der Waals surface area contributed by atoms with Crippen molar-refractivity contribution in [3.8, 4) is 0 Å². The van der Waals surface area contributed by atoms with E-state index in [4.69, 9.17) is 9.47 Å². The van der Waals surface area contributed by atoms with Crippen LogP contribution < -0.4 is 0 Å². The Morgan fingerprint density at radius 2 is 0.842 bits per heavy atom. The van der Waals surface area contributed by atoms with Crippen LogP contribution in [0.3, 0.4) is 0 Å². The van der Waals surface area contributed by atoms with Gasteiger partial charge < -0.3 is 60.0 Å². The Morgan fingerprint density at radius 3 is 0.895 bits per heavy atom. The molecule has 0 fully saturated rings. The molecule has 0 aromatic rings. The Labute approximate surface area is 155 Å². The van der Waals surface area contributed by atoms with Gasteiger partial charge in [-0.05, 0) is 25.7 Å². The average molecular weight is 524 g/mol. The molecule has 0 unspecified atom stereocenters. The van der Waals surface area contributed by atoms with E-state index in [9.17, 15) is 0 Å². The van der Waals surface area contributed by atoms with Crippen LogP contribution in [0.5, 0.6) is 0 Å². The average Bonchev–Trinajstić information content (AvgIpc) is 2.33. The van der Waals surface area contributed by atoms with Gasteiger partial charge in [0.1, 0.15) is 0 Å². The van der Waals surface area contributed by atoms with Crippen LogP contribution in [0, 0.1) is 0 Å². The first-order valence-electron chi connectivity index (χ1n) is 6.35. The zero-order valence-electron chi connectivity index (χ0n) is 11.9. The van der Waals surface area contributed by atoms with Gasteiger partial charge in [0.15, 0.2) is 0 Å². The monoisotopic (exact) mass is 523 g/mol. The largest absolute Gasteiger partial charge is 4.00 e. The predicted octanol–water partition coefficient (Wildman–Crippen LogP) is 3.14. The summed E-state index contributed by atoms with van der Waals surface area (Å²) in [6.45, 7) is 8.28. The second-order valence-corrected chi connectivity index (χ2v) is 6.04. The molecule has 118 valence electrons. The van der Waals surface area contributed by atoms with E-state index < -0.39 is 9.54 Å². The minimum Gasteiger partial charge on any atom is -0.788 e. The minimum absolute atomic E-state index is 0. The van der Waals surface area contributed by atoms with Crippen molar-refractivity contribution in [2.75, 3.05) is 0 Å².